The second-order valence-corrected chi connectivity index (χ2v) is 0.816. The molecule has 10 heteroatoms. The minimum Gasteiger partial charge on any atom is -0.907 e. The molecule has 0 aliphatic heterocycles. The van der Waals surface area contributed by atoms with Crippen LogP contribution in [0.4, 0.5) is 4.39 Å². The third-order valence-electron chi connectivity index (χ3n) is 0.114. The van der Waals surface area contributed by atoms with Gasteiger partial charge in [0, 0.05) is 0 Å². The molecule has 0 aromatic rings. The molecule has 0 aliphatic rings. The Balaban J connectivity index is -0.0000000221. The molecule has 0 spiro atoms. The van der Waals surface area contributed by atoms with Crippen LogP contribution >= 0.6 is 0 Å². The summed E-state index contributed by atoms with van der Waals surface area (Å²) in [6.45, 7) is -1.28. The Morgan fingerprint density at radius 3 is 1.33 bits per heavy atom. The van der Waals surface area contributed by atoms with E-state index in [1.54, 1.807) is 0 Å². The summed E-state index contributed by atoms with van der Waals surface area (Å²) >= 11 is 0. The minimum absolute atomic E-state index is 0. The minimum atomic E-state index is -2.92. The Hall–Kier alpha value is 1.14. The van der Waals surface area contributed by atoms with Gasteiger partial charge in [-0.25, -0.2) is 9.18 Å². The third kappa shape index (κ3) is 116. The average molecular weight is 158 g/mol. The van der Waals surface area contributed by atoms with E-state index >= 15 is 0 Å². The maximum Gasteiger partial charge on any atom is 1.00 e. The summed E-state index contributed by atoms with van der Waals surface area (Å²) in [7, 11) is -2.92. The van der Waals surface area contributed by atoms with E-state index < -0.39 is 20.0 Å². The summed E-state index contributed by atoms with van der Waals surface area (Å²) in [6, 6.07) is 0. The van der Waals surface area contributed by atoms with Crippen molar-refractivity contribution in [1.29, 1.82) is 0 Å². The number of carbonyl (C=O) groups is 1. The standard InChI is InChI=1S/C2H3FO2.BO3.3Li/c3-1-2(4)5;2-1(3)4;;;/h1H2,(H,4,5);;;;/q;-3;3*+1. The van der Waals surface area contributed by atoms with Gasteiger partial charge in [0.15, 0.2) is 6.67 Å². The van der Waals surface area contributed by atoms with Crippen molar-refractivity contribution in [3.05, 3.63) is 0 Å². The van der Waals surface area contributed by atoms with E-state index in [4.69, 9.17) is 25.0 Å². The Morgan fingerprint density at radius 2 is 1.33 bits per heavy atom. The number of hydrogen-bond donors (Lipinski definition) is 1. The van der Waals surface area contributed by atoms with Crippen LogP contribution < -0.4 is 71.7 Å². The van der Waals surface area contributed by atoms with E-state index in [9.17, 15) is 4.39 Å². The van der Waals surface area contributed by atoms with Gasteiger partial charge in [-0.3, -0.25) is 7.32 Å². The van der Waals surface area contributed by atoms with Crippen LogP contribution in [-0.4, -0.2) is 25.1 Å². The molecule has 5 nitrogen and oxygen atoms in total. The molecule has 0 amide bonds. The summed E-state index contributed by atoms with van der Waals surface area (Å²) < 4.78 is 10.5. The molecule has 0 heterocycles. The molecule has 0 aromatic carbocycles. The van der Waals surface area contributed by atoms with E-state index in [0.717, 1.165) is 0 Å². The molecule has 0 bridgehead atoms. The molecular weight excluding hydrogens is 155 g/mol. The van der Waals surface area contributed by atoms with Crippen LogP contribution in [0.15, 0.2) is 0 Å². The number of aliphatic carboxylic acids is 1. The summed E-state index contributed by atoms with van der Waals surface area (Å²) in [6.07, 6.45) is 0. The third-order valence-corrected chi connectivity index (χ3v) is 0.114. The number of rotatable bonds is 1. The van der Waals surface area contributed by atoms with Crippen LogP contribution in [0, 0.1) is 0 Å². The molecule has 0 rings (SSSR count). The van der Waals surface area contributed by atoms with Crippen molar-refractivity contribution in [3.63, 3.8) is 0 Å². The van der Waals surface area contributed by atoms with E-state index in [2.05, 4.69) is 0 Å². The largest absolute Gasteiger partial charge is 1.00 e. The van der Waals surface area contributed by atoms with Crippen LogP contribution in [0.3, 0.4) is 0 Å². The monoisotopic (exact) mass is 158 g/mol. The van der Waals surface area contributed by atoms with Crippen molar-refractivity contribution in [1.82, 2.24) is 0 Å². The summed E-state index contributed by atoms with van der Waals surface area (Å²) in [5.41, 5.74) is 0. The maximum absolute atomic E-state index is 10.5. The fourth-order valence-electron chi connectivity index (χ4n) is 0. The Kier molecular flexibility index (Phi) is 55.4. The zero-order chi connectivity index (χ0) is 7.86. The number of halogens is 1. The molecule has 0 aliphatic carbocycles. The van der Waals surface area contributed by atoms with Gasteiger partial charge in [0.1, 0.15) is 0 Å². The summed E-state index contributed by atoms with van der Waals surface area (Å²) in [5, 5.41) is 32.6. The quantitative estimate of drug-likeness (QED) is 0.381. The first kappa shape index (κ1) is 29.2. The predicted octanol–water partition coefficient (Wildman–Crippen LogP) is -12.9. The van der Waals surface area contributed by atoms with Gasteiger partial charge in [-0.15, -0.1) is 0 Å². The fraction of sp³-hybridized carbons (Fsp3) is 0.500. The zero-order valence-electron chi connectivity index (χ0n) is 7.24. The van der Waals surface area contributed by atoms with E-state index in [1.807, 2.05) is 0 Å². The molecule has 12 heavy (non-hydrogen) atoms. The van der Waals surface area contributed by atoms with Gasteiger partial charge in [0.2, 0.25) is 0 Å². The van der Waals surface area contributed by atoms with Crippen LogP contribution in [0.2, 0.25) is 0 Å². The van der Waals surface area contributed by atoms with Gasteiger partial charge in [-0.05, 0) is 0 Å². The molecule has 0 aromatic heterocycles. The van der Waals surface area contributed by atoms with Gasteiger partial charge >= 0.3 is 62.6 Å². The number of hydrogen-bond acceptors (Lipinski definition) is 4. The maximum atomic E-state index is 10.5. The molecule has 0 atom stereocenters. The van der Waals surface area contributed by atoms with Gasteiger partial charge in [0.25, 0.3) is 0 Å². The van der Waals surface area contributed by atoms with Gasteiger partial charge in [0.05, 0.1) is 0 Å². The molecule has 0 saturated carbocycles. The predicted molar refractivity (Wildman–Crippen MR) is 19.4 cm³/mol. The molecule has 0 saturated heterocycles. The molecular formula is C2H3BFLi3O5. The van der Waals surface area contributed by atoms with E-state index in [1.165, 1.54) is 0 Å². The number of carboxylic acids is 1. The topological polar surface area (TPSA) is 106 Å². The fourth-order valence-corrected chi connectivity index (χ4v) is 0. The molecule has 0 radical (unpaired) electrons. The van der Waals surface area contributed by atoms with Crippen LogP contribution in [-0.2, 0) is 4.79 Å². The van der Waals surface area contributed by atoms with Crippen LogP contribution in [0.5, 0.6) is 0 Å². The van der Waals surface area contributed by atoms with Gasteiger partial charge in [-0.1, -0.05) is 0 Å². The van der Waals surface area contributed by atoms with E-state index in [-0.39, 0.29) is 56.6 Å². The summed E-state index contributed by atoms with van der Waals surface area (Å²) in [5.74, 6) is -1.41. The first-order chi connectivity index (χ1) is 4.00. The van der Waals surface area contributed by atoms with Crippen molar-refractivity contribution in [2.24, 2.45) is 0 Å². The summed E-state index contributed by atoms with van der Waals surface area (Å²) in [4.78, 5) is 8.99. The Labute approximate surface area is 105 Å². The first-order valence-corrected chi connectivity index (χ1v) is 1.76. The normalized spacial score (nSPS) is 5.33. The second-order valence-electron chi connectivity index (χ2n) is 0.816. The first-order valence-electron chi connectivity index (χ1n) is 1.76. The van der Waals surface area contributed by atoms with Crippen LogP contribution in [0.25, 0.3) is 0 Å². The Bertz CT molecular complexity index is 82.3. The van der Waals surface area contributed by atoms with Crippen molar-refractivity contribution in [2.45, 2.75) is 0 Å². The van der Waals surface area contributed by atoms with Crippen molar-refractivity contribution in [2.75, 3.05) is 6.67 Å². The molecule has 54 valence electrons. The van der Waals surface area contributed by atoms with Crippen molar-refractivity contribution >= 4 is 13.3 Å². The second kappa shape index (κ2) is 22.7. The molecule has 1 N–H and O–H groups in total. The van der Waals surface area contributed by atoms with Crippen molar-refractivity contribution < 1.29 is 85.9 Å². The Morgan fingerprint density at radius 1 is 1.25 bits per heavy atom. The number of alkyl halides is 1. The van der Waals surface area contributed by atoms with Gasteiger partial charge < -0.3 is 20.2 Å². The zero-order valence-corrected chi connectivity index (χ0v) is 7.24. The number of carboxylic acid groups (broad SMARTS) is 1. The van der Waals surface area contributed by atoms with Crippen molar-refractivity contribution in [3.8, 4) is 0 Å². The van der Waals surface area contributed by atoms with E-state index in [0.29, 0.717) is 0 Å². The molecule has 0 fully saturated rings. The van der Waals surface area contributed by atoms with Gasteiger partial charge in [-0.2, -0.15) is 0 Å². The van der Waals surface area contributed by atoms with Crippen LogP contribution in [0.1, 0.15) is 0 Å². The SMILES string of the molecule is O=C(O)CF.[Li+].[Li+].[Li+].[O-]B([O-])[O-]. The average Bonchev–Trinajstić information content (AvgIpc) is 1.65. The molecule has 0 unspecified atom stereocenters. The smallest absolute Gasteiger partial charge is 0.907 e.